The second kappa shape index (κ2) is 4.04. The lowest BCUT2D eigenvalue weighted by atomic mass is 9.64. The van der Waals surface area contributed by atoms with Crippen molar-refractivity contribution in [2.75, 3.05) is 7.11 Å². The Morgan fingerprint density at radius 3 is 2.53 bits per heavy atom. The normalized spacial score (nSPS) is 44.0. The van der Waals surface area contributed by atoms with Crippen LogP contribution < -0.4 is 5.32 Å². The van der Waals surface area contributed by atoms with Gasteiger partial charge in [-0.15, -0.1) is 0 Å². The van der Waals surface area contributed by atoms with Crippen LogP contribution in [0.25, 0.3) is 0 Å². The second-order valence-corrected chi connectivity index (χ2v) is 5.61. The van der Waals surface area contributed by atoms with E-state index in [0.717, 1.165) is 25.7 Å². The van der Waals surface area contributed by atoms with E-state index in [1.807, 2.05) is 0 Å². The highest BCUT2D eigenvalue weighted by molar-refractivity contribution is 5.04. The van der Waals surface area contributed by atoms with Gasteiger partial charge in [-0.3, -0.25) is 0 Å². The average molecular weight is 213 g/mol. The highest BCUT2D eigenvalue weighted by atomic mass is 16.5. The number of nitrogens with one attached hydrogen (secondary N) is 1. The number of hydrogen-bond acceptors (Lipinski definition) is 3. The Morgan fingerprint density at radius 2 is 2.07 bits per heavy atom. The smallest absolute Gasteiger partial charge is 0.0693 e. The van der Waals surface area contributed by atoms with Gasteiger partial charge in [0.2, 0.25) is 0 Å². The van der Waals surface area contributed by atoms with E-state index in [4.69, 9.17) is 4.74 Å². The summed E-state index contributed by atoms with van der Waals surface area (Å²) in [6, 6.07) is 0.812. The van der Waals surface area contributed by atoms with Crippen LogP contribution in [0.5, 0.6) is 0 Å². The van der Waals surface area contributed by atoms with Gasteiger partial charge in [0.1, 0.15) is 0 Å². The third kappa shape index (κ3) is 1.93. The van der Waals surface area contributed by atoms with Gasteiger partial charge in [0.25, 0.3) is 0 Å². The number of aliphatic hydroxyl groups excluding tert-OH is 1. The first-order valence-electron chi connectivity index (χ1n) is 6.02. The van der Waals surface area contributed by atoms with Crippen molar-refractivity contribution < 1.29 is 9.84 Å². The lowest BCUT2D eigenvalue weighted by molar-refractivity contribution is -0.103. The minimum atomic E-state index is -0.137. The fourth-order valence-corrected chi connectivity index (χ4v) is 2.96. The quantitative estimate of drug-likeness (QED) is 0.742. The number of methoxy groups -OCH3 is 1. The Bertz CT molecular complexity index is 230. The molecule has 0 heterocycles. The topological polar surface area (TPSA) is 41.5 Å². The van der Waals surface area contributed by atoms with Gasteiger partial charge in [0.05, 0.1) is 12.2 Å². The Morgan fingerprint density at radius 1 is 1.33 bits per heavy atom. The van der Waals surface area contributed by atoms with Crippen LogP contribution in [0.3, 0.4) is 0 Å². The van der Waals surface area contributed by atoms with E-state index < -0.39 is 0 Å². The summed E-state index contributed by atoms with van der Waals surface area (Å²) >= 11 is 0. The Balaban J connectivity index is 1.86. The lowest BCUT2D eigenvalue weighted by Gasteiger charge is -2.52. The molecule has 4 atom stereocenters. The highest BCUT2D eigenvalue weighted by Gasteiger charge is 2.49. The fourth-order valence-electron chi connectivity index (χ4n) is 2.96. The molecule has 0 amide bonds. The lowest BCUT2D eigenvalue weighted by Crippen LogP contribution is -2.63. The summed E-state index contributed by atoms with van der Waals surface area (Å²) in [4.78, 5) is 0. The molecule has 2 fully saturated rings. The van der Waals surface area contributed by atoms with E-state index in [1.165, 1.54) is 0 Å². The van der Waals surface area contributed by atoms with Crippen LogP contribution in [-0.4, -0.2) is 36.5 Å². The monoisotopic (exact) mass is 213 g/mol. The van der Waals surface area contributed by atoms with Crippen molar-refractivity contribution in [3.8, 4) is 0 Å². The molecule has 0 radical (unpaired) electrons. The van der Waals surface area contributed by atoms with Crippen LogP contribution in [0.1, 0.15) is 39.5 Å². The molecule has 2 saturated carbocycles. The molecule has 0 saturated heterocycles. The molecule has 2 aliphatic rings. The van der Waals surface area contributed by atoms with Gasteiger partial charge in [-0.25, -0.2) is 0 Å². The molecule has 4 unspecified atom stereocenters. The first-order valence-corrected chi connectivity index (χ1v) is 6.02. The van der Waals surface area contributed by atoms with Crippen LogP contribution >= 0.6 is 0 Å². The molecule has 0 aromatic heterocycles. The van der Waals surface area contributed by atoms with Crippen LogP contribution in [0, 0.1) is 5.41 Å². The minimum Gasteiger partial charge on any atom is -0.392 e. The summed E-state index contributed by atoms with van der Waals surface area (Å²) in [6.07, 6.45) is 4.53. The van der Waals surface area contributed by atoms with Crippen molar-refractivity contribution in [3.63, 3.8) is 0 Å². The maximum absolute atomic E-state index is 9.76. The predicted octanol–water partition coefficient (Wildman–Crippen LogP) is 1.30. The summed E-state index contributed by atoms with van der Waals surface area (Å²) in [5.41, 5.74) is 0.205. The zero-order chi connectivity index (χ0) is 11.1. The van der Waals surface area contributed by atoms with Gasteiger partial charge >= 0.3 is 0 Å². The van der Waals surface area contributed by atoms with Crippen molar-refractivity contribution in [2.24, 2.45) is 5.41 Å². The number of hydrogen-bond donors (Lipinski definition) is 2. The van der Waals surface area contributed by atoms with Gasteiger partial charge in [-0.05, 0) is 25.7 Å². The van der Waals surface area contributed by atoms with E-state index in [-0.39, 0.29) is 11.5 Å². The summed E-state index contributed by atoms with van der Waals surface area (Å²) in [5, 5.41) is 13.3. The molecule has 3 nitrogen and oxygen atoms in total. The van der Waals surface area contributed by atoms with Gasteiger partial charge in [-0.1, -0.05) is 13.8 Å². The highest BCUT2D eigenvalue weighted by Crippen LogP contribution is 2.43. The first kappa shape index (κ1) is 11.4. The summed E-state index contributed by atoms with van der Waals surface area (Å²) in [7, 11) is 1.78. The number of aliphatic hydroxyl groups is 1. The van der Waals surface area contributed by atoms with Gasteiger partial charge < -0.3 is 15.2 Å². The zero-order valence-corrected chi connectivity index (χ0v) is 9.99. The molecule has 88 valence electrons. The van der Waals surface area contributed by atoms with Crippen molar-refractivity contribution in [2.45, 2.75) is 63.8 Å². The predicted molar refractivity (Wildman–Crippen MR) is 59.8 cm³/mol. The SMILES string of the molecule is COC1CC(NC2CCCC2O)C1(C)C. The average Bonchev–Trinajstić information content (AvgIpc) is 2.58. The van der Waals surface area contributed by atoms with E-state index >= 15 is 0 Å². The maximum atomic E-state index is 9.76. The van der Waals surface area contributed by atoms with Gasteiger partial charge in [0.15, 0.2) is 0 Å². The molecule has 0 aromatic rings. The van der Waals surface area contributed by atoms with Crippen molar-refractivity contribution >= 4 is 0 Å². The van der Waals surface area contributed by atoms with Crippen LogP contribution in [0.15, 0.2) is 0 Å². The summed E-state index contributed by atoms with van der Waals surface area (Å²) in [5.74, 6) is 0. The standard InChI is InChI=1S/C12H23NO2/c1-12(2)10(7-11(12)15-3)13-8-5-4-6-9(8)14/h8-11,13-14H,4-7H2,1-3H3. The largest absolute Gasteiger partial charge is 0.392 e. The van der Waals surface area contributed by atoms with E-state index in [1.54, 1.807) is 7.11 Å². The molecule has 0 bridgehead atoms. The molecule has 0 aliphatic heterocycles. The van der Waals surface area contributed by atoms with Gasteiger partial charge in [-0.2, -0.15) is 0 Å². The van der Waals surface area contributed by atoms with E-state index in [0.29, 0.717) is 18.2 Å². The van der Waals surface area contributed by atoms with Crippen molar-refractivity contribution in [1.29, 1.82) is 0 Å². The molecule has 0 aromatic carbocycles. The molecule has 0 spiro atoms. The Labute approximate surface area is 92.2 Å². The summed E-state index contributed by atoms with van der Waals surface area (Å²) in [6.45, 7) is 4.48. The molecule has 2 rings (SSSR count). The number of ether oxygens (including phenoxy) is 1. The molecule has 15 heavy (non-hydrogen) atoms. The van der Waals surface area contributed by atoms with Crippen LogP contribution in [0.2, 0.25) is 0 Å². The zero-order valence-electron chi connectivity index (χ0n) is 9.99. The van der Waals surface area contributed by atoms with Crippen molar-refractivity contribution in [3.05, 3.63) is 0 Å². The minimum absolute atomic E-state index is 0.137. The van der Waals surface area contributed by atoms with Crippen LogP contribution in [-0.2, 0) is 4.74 Å². The maximum Gasteiger partial charge on any atom is 0.0693 e. The summed E-state index contributed by atoms with van der Waals surface area (Å²) < 4.78 is 5.42. The van der Waals surface area contributed by atoms with Crippen LogP contribution in [0.4, 0.5) is 0 Å². The van der Waals surface area contributed by atoms with E-state index in [9.17, 15) is 5.11 Å². The molecular formula is C12H23NO2. The van der Waals surface area contributed by atoms with Crippen molar-refractivity contribution in [1.82, 2.24) is 5.32 Å². The third-order valence-electron chi connectivity index (χ3n) is 4.36. The fraction of sp³-hybridized carbons (Fsp3) is 1.00. The second-order valence-electron chi connectivity index (χ2n) is 5.61. The van der Waals surface area contributed by atoms with E-state index in [2.05, 4.69) is 19.2 Å². The molecule has 2 N–H and O–H groups in total. The molecule has 3 heteroatoms. The molecule has 2 aliphatic carbocycles. The number of rotatable bonds is 3. The first-order chi connectivity index (χ1) is 7.05. The molecular weight excluding hydrogens is 190 g/mol. The third-order valence-corrected chi connectivity index (χ3v) is 4.36. The van der Waals surface area contributed by atoms with Gasteiger partial charge in [0, 0.05) is 24.6 Å². The Kier molecular flexibility index (Phi) is 3.06. The Hall–Kier alpha value is -0.120.